The lowest BCUT2D eigenvalue weighted by Crippen LogP contribution is -2.14. The number of ether oxygens (including phenoxy) is 1. The summed E-state index contributed by atoms with van der Waals surface area (Å²) in [5.74, 6) is -0.199. The van der Waals surface area contributed by atoms with E-state index < -0.39 is 11.9 Å². The summed E-state index contributed by atoms with van der Waals surface area (Å²) in [6.07, 6.45) is 0. The summed E-state index contributed by atoms with van der Waals surface area (Å²) in [7, 11) is 1.44. The van der Waals surface area contributed by atoms with Gasteiger partial charge in [-0.3, -0.25) is 0 Å². The van der Waals surface area contributed by atoms with Crippen molar-refractivity contribution in [3.8, 4) is 5.75 Å². The topological polar surface area (TPSA) is 35.2 Å². The molecule has 2 aromatic rings. The molecule has 2 N–H and O–H groups in total. The van der Waals surface area contributed by atoms with Crippen LogP contribution in [0.15, 0.2) is 40.9 Å². The number of methoxy groups -OCH3 is 1. The Morgan fingerprint density at radius 3 is 2.63 bits per heavy atom. The van der Waals surface area contributed by atoms with Crippen molar-refractivity contribution in [1.82, 2.24) is 0 Å². The van der Waals surface area contributed by atoms with Gasteiger partial charge < -0.3 is 10.5 Å². The Bertz CT molecular complexity index is 580. The molecule has 0 aromatic heterocycles. The predicted molar refractivity (Wildman–Crippen MR) is 77.9 cm³/mol. The molecule has 4 heteroatoms. The van der Waals surface area contributed by atoms with Crippen LogP contribution in [0.25, 0.3) is 0 Å². The molecule has 1 unspecified atom stereocenters. The number of hydrogen-bond acceptors (Lipinski definition) is 2. The molecule has 0 spiro atoms. The highest BCUT2D eigenvalue weighted by Crippen LogP contribution is 2.29. The minimum absolute atomic E-state index is 0.208. The van der Waals surface area contributed by atoms with Crippen LogP contribution in [0, 0.1) is 12.7 Å². The predicted octanol–water partition coefficient (Wildman–Crippen LogP) is 3.95. The third-order valence-corrected chi connectivity index (χ3v) is 3.43. The Morgan fingerprint density at radius 2 is 2.00 bits per heavy atom. The third-order valence-electron chi connectivity index (χ3n) is 2.97. The minimum Gasteiger partial charge on any atom is -0.494 e. The average Bonchev–Trinajstić information content (AvgIpc) is 2.37. The van der Waals surface area contributed by atoms with Crippen LogP contribution in [0.1, 0.15) is 22.7 Å². The average molecular weight is 324 g/mol. The zero-order valence-corrected chi connectivity index (χ0v) is 12.4. The first-order valence-corrected chi connectivity index (χ1v) is 6.67. The molecule has 0 radical (unpaired) electrons. The van der Waals surface area contributed by atoms with Crippen LogP contribution in [-0.2, 0) is 0 Å². The van der Waals surface area contributed by atoms with E-state index in [0.29, 0.717) is 5.56 Å². The molecule has 2 nitrogen and oxygen atoms in total. The van der Waals surface area contributed by atoms with Crippen LogP contribution >= 0.6 is 15.9 Å². The van der Waals surface area contributed by atoms with Crippen molar-refractivity contribution in [3.05, 3.63) is 63.4 Å². The molecule has 1 atom stereocenters. The second-order valence-electron chi connectivity index (χ2n) is 4.40. The Morgan fingerprint density at radius 1 is 1.26 bits per heavy atom. The normalized spacial score (nSPS) is 12.3. The standard InChI is InChI=1S/C15H15BrFNO/c1-9-6-10(8-11(16)7-9)15(18)12-4-3-5-13(19-2)14(12)17/h3-8,15H,18H2,1-2H3. The Labute approximate surface area is 120 Å². The fourth-order valence-electron chi connectivity index (χ4n) is 2.05. The highest BCUT2D eigenvalue weighted by molar-refractivity contribution is 9.10. The molecule has 2 aromatic carbocycles. The van der Waals surface area contributed by atoms with Gasteiger partial charge in [0.25, 0.3) is 0 Å². The summed E-state index contributed by atoms with van der Waals surface area (Å²) in [6.45, 7) is 1.98. The Balaban J connectivity index is 2.46. The third kappa shape index (κ3) is 2.96. The van der Waals surface area contributed by atoms with E-state index >= 15 is 0 Å². The van der Waals surface area contributed by atoms with Gasteiger partial charge in [0.05, 0.1) is 13.2 Å². The molecule has 0 heterocycles. The monoisotopic (exact) mass is 323 g/mol. The smallest absolute Gasteiger partial charge is 0.170 e. The summed E-state index contributed by atoms with van der Waals surface area (Å²) < 4.78 is 20.1. The van der Waals surface area contributed by atoms with Crippen LogP contribution in [-0.4, -0.2) is 7.11 Å². The first kappa shape index (κ1) is 14.0. The van der Waals surface area contributed by atoms with Crippen LogP contribution in [0.5, 0.6) is 5.75 Å². The highest BCUT2D eigenvalue weighted by atomic mass is 79.9. The number of aryl methyl sites for hydroxylation is 1. The van der Waals surface area contributed by atoms with Crippen molar-refractivity contribution >= 4 is 15.9 Å². The molecule has 0 aliphatic carbocycles. The van der Waals surface area contributed by atoms with Gasteiger partial charge in [-0.05, 0) is 36.2 Å². The highest BCUT2D eigenvalue weighted by Gasteiger charge is 2.17. The first-order chi connectivity index (χ1) is 9.02. The van der Waals surface area contributed by atoms with Gasteiger partial charge in [-0.15, -0.1) is 0 Å². The fraction of sp³-hybridized carbons (Fsp3) is 0.200. The summed E-state index contributed by atoms with van der Waals surface area (Å²) in [4.78, 5) is 0. The van der Waals surface area contributed by atoms with Gasteiger partial charge in [-0.1, -0.05) is 34.1 Å². The van der Waals surface area contributed by atoms with E-state index in [1.807, 2.05) is 25.1 Å². The van der Waals surface area contributed by atoms with E-state index in [2.05, 4.69) is 15.9 Å². The maximum Gasteiger partial charge on any atom is 0.170 e. The molecule has 19 heavy (non-hydrogen) atoms. The molecule has 0 saturated carbocycles. The lowest BCUT2D eigenvalue weighted by atomic mass is 9.97. The van der Waals surface area contributed by atoms with Gasteiger partial charge in [-0.25, -0.2) is 4.39 Å². The number of benzene rings is 2. The quantitative estimate of drug-likeness (QED) is 0.928. The SMILES string of the molecule is COc1cccc(C(N)c2cc(C)cc(Br)c2)c1F. The molecule has 0 amide bonds. The zero-order valence-electron chi connectivity index (χ0n) is 10.8. The molecule has 0 saturated heterocycles. The number of nitrogens with two attached hydrogens (primary N) is 1. The Kier molecular flexibility index (Phi) is 4.22. The summed E-state index contributed by atoms with van der Waals surface area (Å²) >= 11 is 3.43. The van der Waals surface area contributed by atoms with Crippen LogP contribution in [0.3, 0.4) is 0 Å². The van der Waals surface area contributed by atoms with E-state index in [4.69, 9.17) is 10.5 Å². The molecule has 2 rings (SSSR count). The van der Waals surface area contributed by atoms with Gasteiger partial charge in [0.2, 0.25) is 0 Å². The zero-order chi connectivity index (χ0) is 14.0. The van der Waals surface area contributed by atoms with E-state index in [1.165, 1.54) is 7.11 Å². The van der Waals surface area contributed by atoms with E-state index in [-0.39, 0.29) is 5.75 Å². The van der Waals surface area contributed by atoms with E-state index in [1.54, 1.807) is 18.2 Å². The van der Waals surface area contributed by atoms with Crippen molar-refractivity contribution < 1.29 is 9.13 Å². The van der Waals surface area contributed by atoms with Crippen molar-refractivity contribution in [2.24, 2.45) is 5.73 Å². The number of hydrogen-bond donors (Lipinski definition) is 1. The van der Waals surface area contributed by atoms with E-state index in [0.717, 1.165) is 15.6 Å². The molecule has 0 fully saturated rings. The van der Waals surface area contributed by atoms with Gasteiger partial charge in [0.15, 0.2) is 11.6 Å². The van der Waals surface area contributed by atoms with Crippen molar-refractivity contribution in [3.63, 3.8) is 0 Å². The maximum atomic E-state index is 14.2. The van der Waals surface area contributed by atoms with Crippen LogP contribution < -0.4 is 10.5 Å². The van der Waals surface area contributed by atoms with Gasteiger partial charge >= 0.3 is 0 Å². The van der Waals surface area contributed by atoms with Crippen LogP contribution in [0.4, 0.5) is 4.39 Å². The number of rotatable bonds is 3. The summed E-state index contributed by atoms with van der Waals surface area (Å²) in [6, 6.07) is 10.3. The molecule has 0 bridgehead atoms. The lowest BCUT2D eigenvalue weighted by Gasteiger charge is -2.16. The van der Waals surface area contributed by atoms with Gasteiger partial charge in [-0.2, -0.15) is 0 Å². The van der Waals surface area contributed by atoms with Crippen LogP contribution in [0.2, 0.25) is 0 Å². The van der Waals surface area contributed by atoms with E-state index in [9.17, 15) is 4.39 Å². The van der Waals surface area contributed by atoms with Crippen molar-refractivity contribution in [2.75, 3.05) is 7.11 Å². The second-order valence-corrected chi connectivity index (χ2v) is 5.32. The molecular formula is C15H15BrFNO. The van der Waals surface area contributed by atoms with Gasteiger partial charge in [0.1, 0.15) is 0 Å². The minimum atomic E-state index is -0.522. The largest absolute Gasteiger partial charge is 0.494 e. The first-order valence-electron chi connectivity index (χ1n) is 5.88. The molecule has 0 aliphatic heterocycles. The lowest BCUT2D eigenvalue weighted by molar-refractivity contribution is 0.383. The van der Waals surface area contributed by atoms with Gasteiger partial charge in [0, 0.05) is 10.0 Å². The molecular weight excluding hydrogens is 309 g/mol. The summed E-state index contributed by atoms with van der Waals surface area (Å²) in [5.41, 5.74) is 8.52. The molecule has 100 valence electrons. The second kappa shape index (κ2) is 5.72. The van der Waals surface area contributed by atoms with Crippen molar-refractivity contribution in [2.45, 2.75) is 13.0 Å². The maximum absolute atomic E-state index is 14.2. The molecule has 0 aliphatic rings. The number of halogens is 2. The van der Waals surface area contributed by atoms with Crippen molar-refractivity contribution in [1.29, 1.82) is 0 Å². The fourth-order valence-corrected chi connectivity index (χ4v) is 2.67. The summed E-state index contributed by atoms with van der Waals surface area (Å²) in [5, 5.41) is 0. The Hall–Kier alpha value is -1.39.